The lowest BCUT2D eigenvalue weighted by Crippen LogP contribution is -2.26. The van der Waals surface area contributed by atoms with Crippen LogP contribution in [0.3, 0.4) is 0 Å². The number of benzene rings is 2. The molecule has 26 heavy (non-hydrogen) atoms. The predicted molar refractivity (Wildman–Crippen MR) is 103 cm³/mol. The SMILES string of the molecule is COc1cc(C(=O)NCCCS(=O)(=O)c2ccccc2)cc(OC)c1Br. The van der Waals surface area contributed by atoms with E-state index in [1.165, 1.54) is 14.2 Å². The van der Waals surface area contributed by atoms with Gasteiger partial charge in [0.2, 0.25) is 0 Å². The summed E-state index contributed by atoms with van der Waals surface area (Å²) in [6, 6.07) is 11.4. The number of methoxy groups -OCH3 is 2. The van der Waals surface area contributed by atoms with Gasteiger partial charge in [-0.1, -0.05) is 18.2 Å². The molecule has 0 saturated heterocycles. The molecule has 2 aromatic rings. The fourth-order valence-corrected chi connectivity index (χ4v) is 4.20. The van der Waals surface area contributed by atoms with E-state index in [1.54, 1.807) is 42.5 Å². The molecule has 1 amide bonds. The largest absolute Gasteiger partial charge is 0.495 e. The number of halogens is 1. The van der Waals surface area contributed by atoms with Crippen LogP contribution in [0.1, 0.15) is 16.8 Å². The first-order valence-corrected chi connectivity index (χ1v) is 10.3. The van der Waals surface area contributed by atoms with Crippen LogP contribution >= 0.6 is 15.9 Å². The molecule has 0 bridgehead atoms. The average Bonchev–Trinajstić information content (AvgIpc) is 2.66. The van der Waals surface area contributed by atoms with Crippen molar-refractivity contribution in [3.63, 3.8) is 0 Å². The van der Waals surface area contributed by atoms with Gasteiger partial charge < -0.3 is 14.8 Å². The van der Waals surface area contributed by atoms with Crippen LogP contribution in [-0.2, 0) is 9.84 Å². The maximum atomic E-state index is 12.3. The highest BCUT2D eigenvalue weighted by atomic mass is 79.9. The number of carbonyl (C=O) groups excluding carboxylic acids is 1. The highest BCUT2D eigenvalue weighted by Crippen LogP contribution is 2.35. The van der Waals surface area contributed by atoms with Crippen molar-refractivity contribution in [3.05, 3.63) is 52.5 Å². The molecule has 0 aliphatic rings. The molecule has 0 spiro atoms. The first kappa shape index (κ1) is 20.3. The number of carbonyl (C=O) groups is 1. The molecule has 0 atom stereocenters. The molecule has 140 valence electrons. The zero-order valence-corrected chi connectivity index (χ0v) is 16.9. The lowest BCUT2D eigenvalue weighted by atomic mass is 10.2. The zero-order valence-electron chi connectivity index (χ0n) is 14.5. The third-order valence-electron chi connectivity index (χ3n) is 3.69. The monoisotopic (exact) mass is 441 g/mol. The van der Waals surface area contributed by atoms with Crippen molar-refractivity contribution in [2.24, 2.45) is 0 Å². The second kappa shape index (κ2) is 9.05. The molecule has 2 aromatic carbocycles. The van der Waals surface area contributed by atoms with E-state index >= 15 is 0 Å². The Bertz CT molecular complexity index is 843. The van der Waals surface area contributed by atoms with E-state index in [0.717, 1.165) is 0 Å². The van der Waals surface area contributed by atoms with E-state index in [2.05, 4.69) is 21.2 Å². The minimum absolute atomic E-state index is 0.0374. The van der Waals surface area contributed by atoms with Crippen LogP contribution in [-0.4, -0.2) is 40.8 Å². The lowest BCUT2D eigenvalue weighted by molar-refractivity contribution is 0.0953. The predicted octanol–water partition coefficient (Wildman–Crippen LogP) is 3.06. The number of amides is 1. The highest BCUT2D eigenvalue weighted by Gasteiger charge is 2.16. The van der Waals surface area contributed by atoms with Gasteiger partial charge in [0, 0.05) is 12.1 Å². The summed E-state index contributed by atoms with van der Waals surface area (Å²) in [6.45, 7) is 0.242. The normalized spacial score (nSPS) is 11.0. The minimum atomic E-state index is -3.35. The molecule has 0 fully saturated rings. The lowest BCUT2D eigenvalue weighted by Gasteiger charge is -2.12. The smallest absolute Gasteiger partial charge is 0.251 e. The van der Waals surface area contributed by atoms with E-state index in [4.69, 9.17) is 9.47 Å². The van der Waals surface area contributed by atoms with Crippen LogP contribution in [0.4, 0.5) is 0 Å². The quantitative estimate of drug-likeness (QED) is 0.636. The maximum Gasteiger partial charge on any atom is 0.251 e. The summed E-state index contributed by atoms with van der Waals surface area (Å²) in [5.74, 6) is 0.582. The molecule has 2 rings (SSSR count). The standard InChI is InChI=1S/C18H20BrNO5S/c1-24-15-11-13(12-16(25-2)17(15)19)18(21)20-9-6-10-26(22,23)14-7-4-3-5-8-14/h3-5,7-8,11-12H,6,9-10H2,1-2H3,(H,20,21). The highest BCUT2D eigenvalue weighted by molar-refractivity contribution is 9.10. The number of hydrogen-bond acceptors (Lipinski definition) is 5. The van der Waals surface area contributed by atoms with Gasteiger partial charge in [-0.3, -0.25) is 4.79 Å². The Morgan fingerprint density at radius 3 is 2.19 bits per heavy atom. The third-order valence-corrected chi connectivity index (χ3v) is 6.28. The van der Waals surface area contributed by atoms with Gasteiger partial charge in [-0.2, -0.15) is 0 Å². The summed E-state index contributed by atoms with van der Waals surface area (Å²) >= 11 is 3.34. The number of ether oxygens (including phenoxy) is 2. The van der Waals surface area contributed by atoms with Gasteiger partial charge in [-0.15, -0.1) is 0 Å². The van der Waals surface area contributed by atoms with Crippen molar-refractivity contribution in [2.45, 2.75) is 11.3 Å². The molecule has 1 N–H and O–H groups in total. The van der Waals surface area contributed by atoms with Crippen molar-refractivity contribution in [3.8, 4) is 11.5 Å². The summed E-state index contributed by atoms with van der Waals surface area (Å²) in [5, 5.41) is 2.72. The van der Waals surface area contributed by atoms with Gasteiger partial charge in [0.05, 0.1) is 24.9 Å². The van der Waals surface area contributed by atoms with Gasteiger partial charge >= 0.3 is 0 Å². The molecule has 0 aromatic heterocycles. The first-order chi connectivity index (χ1) is 12.4. The molecule has 0 radical (unpaired) electrons. The number of nitrogens with one attached hydrogen (secondary N) is 1. The minimum Gasteiger partial charge on any atom is -0.495 e. The van der Waals surface area contributed by atoms with Crippen molar-refractivity contribution < 1.29 is 22.7 Å². The maximum absolute atomic E-state index is 12.3. The van der Waals surface area contributed by atoms with Gasteiger partial charge in [0.15, 0.2) is 9.84 Å². The summed E-state index contributed by atoms with van der Waals surface area (Å²) in [6.07, 6.45) is 0.313. The zero-order chi connectivity index (χ0) is 19.2. The van der Waals surface area contributed by atoms with Crippen molar-refractivity contribution >= 4 is 31.7 Å². The van der Waals surface area contributed by atoms with Crippen LogP contribution in [0.15, 0.2) is 51.8 Å². The van der Waals surface area contributed by atoms with Gasteiger partial charge in [0.1, 0.15) is 16.0 Å². The average molecular weight is 442 g/mol. The molecule has 0 aliphatic heterocycles. The fourth-order valence-electron chi connectivity index (χ4n) is 2.31. The second-order valence-electron chi connectivity index (χ2n) is 5.44. The molecular formula is C18H20BrNO5S. The molecule has 8 heteroatoms. The van der Waals surface area contributed by atoms with E-state index in [9.17, 15) is 13.2 Å². The van der Waals surface area contributed by atoms with E-state index in [1.807, 2.05) is 0 Å². The Hall–Kier alpha value is -2.06. The summed E-state index contributed by atoms with van der Waals surface area (Å²) in [5.41, 5.74) is 0.368. The topological polar surface area (TPSA) is 81.7 Å². The Morgan fingerprint density at radius 2 is 1.65 bits per heavy atom. The second-order valence-corrected chi connectivity index (χ2v) is 8.34. The Morgan fingerprint density at radius 1 is 1.08 bits per heavy atom. The van der Waals surface area contributed by atoms with E-state index < -0.39 is 9.84 Å². The molecule has 0 unspecified atom stereocenters. The molecular weight excluding hydrogens is 422 g/mol. The van der Waals surface area contributed by atoms with Crippen molar-refractivity contribution in [2.75, 3.05) is 26.5 Å². The molecule has 0 heterocycles. The van der Waals surface area contributed by atoms with E-state index in [-0.39, 0.29) is 23.1 Å². The Kier molecular flexibility index (Phi) is 7.05. The van der Waals surface area contributed by atoms with Crippen LogP contribution in [0, 0.1) is 0 Å². The summed E-state index contributed by atoms with van der Waals surface area (Å²) in [4.78, 5) is 12.6. The third kappa shape index (κ3) is 4.98. The summed E-state index contributed by atoms with van der Waals surface area (Å²) in [7, 11) is -0.356. The van der Waals surface area contributed by atoms with Gasteiger partial charge in [0.25, 0.3) is 5.91 Å². The van der Waals surface area contributed by atoms with Crippen LogP contribution in [0.25, 0.3) is 0 Å². The van der Waals surface area contributed by atoms with Crippen LogP contribution in [0.5, 0.6) is 11.5 Å². The number of hydrogen-bond donors (Lipinski definition) is 1. The van der Waals surface area contributed by atoms with Crippen LogP contribution in [0.2, 0.25) is 0 Å². The summed E-state index contributed by atoms with van der Waals surface area (Å²) < 4.78 is 35.4. The van der Waals surface area contributed by atoms with Crippen LogP contribution < -0.4 is 14.8 Å². The molecule has 0 saturated carbocycles. The Balaban J connectivity index is 1.95. The first-order valence-electron chi connectivity index (χ1n) is 7.86. The van der Waals surface area contributed by atoms with Crippen molar-refractivity contribution in [1.29, 1.82) is 0 Å². The van der Waals surface area contributed by atoms with Crippen molar-refractivity contribution in [1.82, 2.24) is 5.32 Å². The Labute approximate surface area is 161 Å². The number of rotatable bonds is 8. The van der Waals surface area contributed by atoms with Gasteiger partial charge in [-0.25, -0.2) is 8.42 Å². The molecule has 0 aliphatic carbocycles. The van der Waals surface area contributed by atoms with Gasteiger partial charge in [-0.05, 0) is 46.6 Å². The number of sulfone groups is 1. The molecule has 6 nitrogen and oxygen atoms in total. The fraction of sp³-hybridized carbons (Fsp3) is 0.278. The van der Waals surface area contributed by atoms with E-state index in [0.29, 0.717) is 28.0 Å².